The number of aliphatic hydroxyl groups excluding tert-OH is 2. The monoisotopic (exact) mass is 724 g/mol. The molecule has 6 aliphatic rings. The van der Waals surface area contributed by atoms with Crippen LogP contribution in [0.25, 0.3) is 0 Å². The Morgan fingerprint density at radius 2 is 1.24 bits per heavy atom. The van der Waals surface area contributed by atoms with E-state index in [2.05, 4.69) is 5.32 Å². The van der Waals surface area contributed by atoms with Gasteiger partial charge in [-0.15, -0.1) is 0 Å². The molecule has 290 valence electrons. The molecule has 15 heteroatoms. The van der Waals surface area contributed by atoms with Gasteiger partial charge in [-0.1, -0.05) is 0 Å². The highest BCUT2D eigenvalue weighted by Gasteiger charge is 2.52. The number of ether oxygens (including phenoxy) is 4. The van der Waals surface area contributed by atoms with Crippen molar-refractivity contribution in [2.24, 2.45) is 17.6 Å². The predicted octanol–water partition coefficient (Wildman–Crippen LogP) is 1.72. The van der Waals surface area contributed by atoms with E-state index in [-0.39, 0.29) is 49.1 Å². The summed E-state index contributed by atoms with van der Waals surface area (Å²) >= 11 is 0. The summed E-state index contributed by atoms with van der Waals surface area (Å²) in [5.41, 5.74) is 3.90. The first-order valence-corrected chi connectivity index (χ1v) is 18.4. The Morgan fingerprint density at radius 1 is 0.765 bits per heavy atom. The molecule has 0 bridgehead atoms. The van der Waals surface area contributed by atoms with Crippen LogP contribution in [0.3, 0.4) is 0 Å². The molecule has 5 N–H and O–H groups in total. The Hall–Kier alpha value is -2.69. The van der Waals surface area contributed by atoms with Gasteiger partial charge in [0.25, 0.3) is 0 Å². The van der Waals surface area contributed by atoms with Crippen molar-refractivity contribution >= 4 is 29.5 Å². The SMILES string of the molecule is CC(C)(C)OC(=O)N1C[C@@H]2CC(=O)CCO[C@H]2[C@H]1C(=O)CO.CC(C)(C)OC(=O)N1C[C@@H]2CC(NC3CC3)CCO[C@H]2[C@H]1C(=O)CO.NC1CC1. The van der Waals surface area contributed by atoms with Crippen LogP contribution >= 0.6 is 0 Å². The maximum atomic E-state index is 12.6. The van der Waals surface area contributed by atoms with Gasteiger partial charge in [0.15, 0.2) is 11.6 Å². The van der Waals surface area contributed by atoms with Crippen LogP contribution in [-0.2, 0) is 33.3 Å². The van der Waals surface area contributed by atoms with Gasteiger partial charge in [0.1, 0.15) is 42.3 Å². The molecule has 4 aliphatic heterocycles. The van der Waals surface area contributed by atoms with Crippen LogP contribution in [0.1, 0.15) is 92.9 Å². The predicted molar refractivity (Wildman–Crippen MR) is 185 cm³/mol. The smallest absolute Gasteiger partial charge is 0.411 e. The third-order valence-electron chi connectivity index (χ3n) is 9.53. The molecule has 7 atom stereocenters. The second-order valence-electron chi connectivity index (χ2n) is 16.6. The van der Waals surface area contributed by atoms with Gasteiger partial charge in [-0.2, -0.15) is 0 Å². The number of likely N-dealkylation sites (tertiary alicyclic amines) is 2. The van der Waals surface area contributed by atoms with E-state index in [0.29, 0.717) is 37.7 Å². The zero-order valence-electron chi connectivity index (χ0n) is 31.1. The molecule has 0 aromatic heterocycles. The molecule has 6 rings (SSSR count). The summed E-state index contributed by atoms with van der Waals surface area (Å²) in [5.74, 6) is -0.969. The third-order valence-corrected chi connectivity index (χ3v) is 9.53. The van der Waals surface area contributed by atoms with Crippen molar-refractivity contribution in [3.8, 4) is 0 Å². The fourth-order valence-electron chi connectivity index (χ4n) is 6.94. The van der Waals surface area contributed by atoms with Gasteiger partial charge >= 0.3 is 12.2 Å². The molecule has 2 saturated carbocycles. The highest BCUT2D eigenvalue weighted by molar-refractivity contribution is 5.90. The third kappa shape index (κ3) is 12.2. The number of carbonyl (C=O) groups excluding carboxylic acids is 5. The summed E-state index contributed by atoms with van der Waals surface area (Å²) in [6, 6.07) is -0.106. The topological polar surface area (TPSA) is 207 Å². The Labute approximate surface area is 301 Å². The molecule has 1 unspecified atom stereocenters. The molecule has 4 heterocycles. The number of nitrogens with one attached hydrogen (secondary N) is 1. The number of hydrogen-bond acceptors (Lipinski definition) is 13. The number of nitrogens with zero attached hydrogens (tertiary/aromatic N) is 2. The molecule has 6 fully saturated rings. The number of Topliss-reactive ketones (excluding diaryl/α,β-unsaturated/α-hetero) is 3. The van der Waals surface area contributed by atoms with Crippen LogP contribution in [0.15, 0.2) is 0 Å². The second kappa shape index (κ2) is 17.4. The average molecular weight is 725 g/mol. The van der Waals surface area contributed by atoms with E-state index < -0.39 is 60.6 Å². The molecule has 51 heavy (non-hydrogen) atoms. The molecule has 2 aliphatic carbocycles. The van der Waals surface area contributed by atoms with Crippen molar-refractivity contribution < 1.29 is 53.1 Å². The first-order chi connectivity index (χ1) is 23.9. The van der Waals surface area contributed by atoms with Crippen molar-refractivity contribution in [3.63, 3.8) is 0 Å². The minimum atomic E-state index is -0.893. The molecule has 0 aromatic carbocycles. The van der Waals surface area contributed by atoms with Gasteiger partial charge in [-0.25, -0.2) is 9.59 Å². The summed E-state index contributed by atoms with van der Waals surface area (Å²) in [7, 11) is 0. The van der Waals surface area contributed by atoms with Crippen LogP contribution in [0.2, 0.25) is 0 Å². The van der Waals surface area contributed by atoms with E-state index in [0.717, 1.165) is 12.8 Å². The quantitative estimate of drug-likeness (QED) is 0.308. The zero-order chi connectivity index (χ0) is 37.7. The standard InChI is InChI=1S/C18H30N2O5.C15H23NO6.C3H7N/c1-18(2,3)25-17(23)20-9-11-8-13(19-12-4-5-12)6-7-24-16(11)15(20)14(22)10-21;1-15(2,3)22-14(20)16-7-9-6-10(18)4-5-21-13(9)12(16)11(19)8-17;4-3-1-2-3/h11-13,15-16,19,21H,4-10H2,1-3H3;9,12-13,17H,4-8H2,1-3H3;3H,1-2,4H2/t11-,13?,15+,16+;9-,12+,13+;/m00./s1. The highest BCUT2D eigenvalue weighted by atomic mass is 16.6. The van der Waals surface area contributed by atoms with Crippen LogP contribution < -0.4 is 11.1 Å². The van der Waals surface area contributed by atoms with Crippen molar-refractivity contribution in [1.29, 1.82) is 0 Å². The lowest BCUT2D eigenvalue weighted by atomic mass is 9.93. The van der Waals surface area contributed by atoms with Crippen molar-refractivity contribution in [1.82, 2.24) is 15.1 Å². The van der Waals surface area contributed by atoms with E-state index in [4.69, 9.17) is 24.7 Å². The van der Waals surface area contributed by atoms with E-state index in [1.165, 1.54) is 35.5 Å². The van der Waals surface area contributed by atoms with Crippen molar-refractivity contribution in [2.75, 3.05) is 39.5 Å². The Morgan fingerprint density at radius 3 is 1.69 bits per heavy atom. The summed E-state index contributed by atoms with van der Waals surface area (Å²) in [4.78, 5) is 63.8. The Balaban J connectivity index is 0.000000207. The summed E-state index contributed by atoms with van der Waals surface area (Å²) in [6.07, 6.45) is 5.30. The van der Waals surface area contributed by atoms with Gasteiger partial charge in [0.2, 0.25) is 0 Å². The first kappa shape index (κ1) is 41.1. The minimum Gasteiger partial charge on any atom is -0.444 e. The van der Waals surface area contributed by atoms with Gasteiger partial charge in [0.05, 0.1) is 18.8 Å². The minimum absolute atomic E-state index is 0.0636. The van der Waals surface area contributed by atoms with Gasteiger partial charge in [-0.05, 0) is 80.1 Å². The molecule has 4 saturated heterocycles. The average Bonchev–Trinajstić information content (AvgIpc) is 3.97. The van der Waals surface area contributed by atoms with Gasteiger partial charge in [-0.3, -0.25) is 24.2 Å². The number of amides is 2. The fraction of sp³-hybridized carbons (Fsp3) is 0.861. The lowest BCUT2D eigenvalue weighted by Crippen LogP contribution is -2.48. The zero-order valence-corrected chi connectivity index (χ0v) is 31.1. The largest absolute Gasteiger partial charge is 0.444 e. The maximum absolute atomic E-state index is 12.6. The normalized spacial score (nSPS) is 30.7. The molecule has 2 amide bonds. The molecule has 0 radical (unpaired) electrons. The number of rotatable bonds is 6. The van der Waals surface area contributed by atoms with E-state index in [1.54, 1.807) is 41.5 Å². The van der Waals surface area contributed by atoms with Crippen molar-refractivity contribution in [2.45, 2.75) is 147 Å². The van der Waals surface area contributed by atoms with Crippen LogP contribution in [0, 0.1) is 11.8 Å². The Bertz CT molecular complexity index is 1240. The van der Waals surface area contributed by atoms with Crippen LogP contribution in [0.4, 0.5) is 9.59 Å². The summed E-state index contributed by atoms with van der Waals surface area (Å²) in [5, 5.41) is 22.2. The van der Waals surface area contributed by atoms with E-state index in [1.807, 2.05) is 0 Å². The lowest BCUT2D eigenvalue weighted by Gasteiger charge is -2.29. The molecular formula is C36H60N4O11. The first-order valence-electron chi connectivity index (χ1n) is 18.4. The summed E-state index contributed by atoms with van der Waals surface area (Å²) in [6.45, 7) is 10.8. The maximum Gasteiger partial charge on any atom is 0.411 e. The number of ketones is 3. The molecule has 0 aromatic rings. The van der Waals surface area contributed by atoms with Crippen LogP contribution in [-0.4, -0.2) is 143 Å². The van der Waals surface area contributed by atoms with Gasteiger partial charge in [0, 0.05) is 62.5 Å². The number of carbonyl (C=O) groups is 5. The van der Waals surface area contributed by atoms with E-state index >= 15 is 0 Å². The van der Waals surface area contributed by atoms with Crippen LogP contribution in [0.5, 0.6) is 0 Å². The molecule has 0 spiro atoms. The number of aliphatic hydroxyl groups is 2. The number of hydrogen-bond donors (Lipinski definition) is 4. The fourth-order valence-corrected chi connectivity index (χ4v) is 6.94. The Kier molecular flexibility index (Phi) is 14.0. The van der Waals surface area contributed by atoms with Crippen molar-refractivity contribution in [3.05, 3.63) is 0 Å². The number of nitrogens with two attached hydrogens (primary N) is 1. The van der Waals surface area contributed by atoms with Gasteiger partial charge < -0.3 is 40.2 Å². The highest BCUT2D eigenvalue weighted by Crippen LogP contribution is 2.36. The molecule has 15 nitrogen and oxygen atoms in total. The lowest BCUT2D eigenvalue weighted by molar-refractivity contribution is -0.130. The number of fused-ring (bicyclic) bond motifs is 2. The summed E-state index contributed by atoms with van der Waals surface area (Å²) < 4.78 is 22.4. The molecular weight excluding hydrogens is 664 g/mol. The second-order valence-corrected chi connectivity index (χ2v) is 16.6. The van der Waals surface area contributed by atoms with E-state index in [9.17, 15) is 34.2 Å².